The molecule has 0 aromatic rings. The van der Waals surface area contributed by atoms with Crippen LogP contribution in [-0.4, -0.2) is 44.6 Å². The SMILES string of the molecule is CC(C)CN(CC(C)C)C(=S)[S-].CC(C)CN(CC(C)C)C(=S)[S-].[Co+2]. The van der Waals surface area contributed by atoms with E-state index in [1.165, 1.54) is 0 Å². The zero-order chi connectivity index (χ0) is 19.4. The second kappa shape index (κ2) is 16.9. The molecule has 0 atom stereocenters. The number of nitrogens with zero attached hydrogens (tertiary/aromatic N) is 2. The summed E-state index contributed by atoms with van der Waals surface area (Å²) in [5, 5.41) is 0. The molecule has 25 heavy (non-hydrogen) atoms. The molecule has 0 aliphatic heterocycles. The third-order valence-corrected chi connectivity index (χ3v) is 3.89. The standard InChI is InChI=1S/2C9H19NS2.Co/c2*1-7(2)5-10(9(11)12)6-8(3)4;/h2*7-8H,5-6H2,1-4H3,(H,11,12);/q;;+2/p-2. The van der Waals surface area contributed by atoms with Gasteiger partial charge in [0.25, 0.3) is 0 Å². The second-order valence-electron chi connectivity index (χ2n) is 7.92. The maximum Gasteiger partial charge on any atom is 2.00 e. The molecule has 0 fully saturated rings. The van der Waals surface area contributed by atoms with Crippen LogP contribution in [0.1, 0.15) is 55.4 Å². The quantitative estimate of drug-likeness (QED) is 0.369. The summed E-state index contributed by atoms with van der Waals surface area (Å²) >= 11 is 20.0. The van der Waals surface area contributed by atoms with Crippen molar-refractivity contribution < 1.29 is 16.8 Å². The summed E-state index contributed by atoms with van der Waals surface area (Å²) in [4.78, 5) is 4.22. The third-order valence-electron chi connectivity index (χ3n) is 2.86. The minimum Gasteiger partial charge on any atom is -0.411 e. The second-order valence-corrected chi connectivity index (χ2v) is 9.98. The van der Waals surface area contributed by atoms with E-state index in [-0.39, 0.29) is 16.8 Å². The zero-order valence-electron chi connectivity index (χ0n) is 17.0. The molecule has 0 aromatic carbocycles. The first-order valence-electron chi connectivity index (χ1n) is 8.78. The molecule has 0 saturated carbocycles. The van der Waals surface area contributed by atoms with Crippen molar-refractivity contribution in [3.8, 4) is 0 Å². The molecule has 0 bridgehead atoms. The maximum absolute atomic E-state index is 4.99. The largest absolute Gasteiger partial charge is 2.00 e. The van der Waals surface area contributed by atoms with Gasteiger partial charge in [-0.2, -0.15) is 0 Å². The van der Waals surface area contributed by atoms with Crippen LogP contribution in [0.2, 0.25) is 0 Å². The van der Waals surface area contributed by atoms with E-state index in [1.807, 2.05) is 0 Å². The molecule has 0 N–H and O–H groups in total. The molecule has 0 rings (SSSR count). The number of thiocarbonyl (C=S) groups is 2. The predicted octanol–water partition coefficient (Wildman–Crippen LogP) is 4.86. The monoisotopic (exact) mass is 467 g/mol. The van der Waals surface area contributed by atoms with Crippen molar-refractivity contribution >= 4 is 58.3 Å². The zero-order valence-corrected chi connectivity index (χ0v) is 21.3. The van der Waals surface area contributed by atoms with E-state index in [0.29, 0.717) is 32.3 Å². The van der Waals surface area contributed by atoms with Crippen LogP contribution >= 0.6 is 24.4 Å². The van der Waals surface area contributed by atoms with Crippen LogP contribution in [0.25, 0.3) is 0 Å². The van der Waals surface area contributed by atoms with Crippen LogP contribution in [0, 0.1) is 23.7 Å². The van der Waals surface area contributed by atoms with Gasteiger partial charge in [-0.15, -0.1) is 0 Å². The van der Waals surface area contributed by atoms with E-state index in [9.17, 15) is 0 Å². The Balaban J connectivity index is -0.000000372. The van der Waals surface area contributed by atoms with E-state index in [4.69, 9.17) is 49.7 Å². The molecule has 0 spiro atoms. The van der Waals surface area contributed by atoms with Crippen molar-refractivity contribution in [1.82, 2.24) is 9.80 Å². The van der Waals surface area contributed by atoms with Gasteiger partial charge in [-0.1, -0.05) is 64.0 Å². The molecular weight excluding hydrogens is 431 g/mol. The molecule has 0 saturated heterocycles. The van der Waals surface area contributed by atoms with Gasteiger partial charge in [-0.3, -0.25) is 0 Å². The summed E-state index contributed by atoms with van der Waals surface area (Å²) < 4.78 is 1.22. The molecule has 0 heterocycles. The van der Waals surface area contributed by atoms with Crippen molar-refractivity contribution in [3.63, 3.8) is 0 Å². The molecule has 0 amide bonds. The first-order valence-corrected chi connectivity index (χ1v) is 10.4. The third kappa shape index (κ3) is 20.9. The number of hydrogen-bond donors (Lipinski definition) is 0. The Morgan fingerprint density at radius 2 is 0.760 bits per heavy atom. The Morgan fingerprint density at radius 3 is 0.840 bits per heavy atom. The van der Waals surface area contributed by atoms with Crippen LogP contribution in [0.3, 0.4) is 0 Å². The van der Waals surface area contributed by atoms with Crippen LogP contribution in [-0.2, 0) is 42.0 Å². The van der Waals surface area contributed by atoms with Gasteiger partial charge in [0.2, 0.25) is 0 Å². The first-order chi connectivity index (χ1) is 10.9. The normalized spacial score (nSPS) is 10.4. The fraction of sp³-hybridized carbons (Fsp3) is 0.889. The van der Waals surface area contributed by atoms with Crippen molar-refractivity contribution in [2.45, 2.75) is 55.4 Å². The van der Waals surface area contributed by atoms with Gasteiger partial charge in [-0.25, -0.2) is 0 Å². The van der Waals surface area contributed by atoms with Gasteiger partial charge < -0.3 is 59.5 Å². The maximum atomic E-state index is 4.99. The molecular formula is C18H36CoN2S4. The minimum atomic E-state index is 0. The first kappa shape index (κ1) is 30.5. The Morgan fingerprint density at radius 1 is 0.600 bits per heavy atom. The van der Waals surface area contributed by atoms with E-state index in [0.717, 1.165) is 26.2 Å². The Labute approximate surface area is 189 Å². The van der Waals surface area contributed by atoms with E-state index < -0.39 is 0 Å². The van der Waals surface area contributed by atoms with E-state index >= 15 is 0 Å². The van der Waals surface area contributed by atoms with Crippen molar-refractivity contribution in [2.24, 2.45) is 23.7 Å². The fourth-order valence-corrected chi connectivity index (χ4v) is 2.81. The van der Waals surface area contributed by atoms with E-state index in [1.54, 1.807) is 0 Å². The number of hydrogen-bond acceptors (Lipinski definition) is 4. The smallest absolute Gasteiger partial charge is 0.411 e. The molecule has 1 radical (unpaired) electrons. The average molecular weight is 468 g/mol. The summed E-state index contributed by atoms with van der Waals surface area (Å²) in [6.07, 6.45) is 0. The Bertz CT molecular complexity index is 307. The summed E-state index contributed by atoms with van der Waals surface area (Å²) in [6, 6.07) is 0. The van der Waals surface area contributed by atoms with Gasteiger partial charge in [0, 0.05) is 26.2 Å². The number of rotatable bonds is 8. The van der Waals surface area contributed by atoms with Crippen molar-refractivity contribution in [2.75, 3.05) is 26.2 Å². The Kier molecular flexibility index (Phi) is 20.5. The molecule has 7 heteroatoms. The molecule has 0 unspecified atom stereocenters. The summed E-state index contributed by atoms with van der Waals surface area (Å²) in [6.45, 7) is 21.4. The molecule has 0 aromatic heterocycles. The van der Waals surface area contributed by atoms with Crippen LogP contribution < -0.4 is 0 Å². The van der Waals surface area contributed by atoms with Crippen LogP contribution in [0.5, 0.6) is 0 Å². The average Bonchev–Trinajstić information content (AvgIpc) is 2.35. The minimum absolute atomic E-state index is 0. The van der Waals surface area contributed by atoms with Gasteiger partial charge in [0.05, 0.1) is 0 Å². The summed E-state index contributed by atoms with van der Waals surface area (Å²) in [7, 11) is 0. The topological polar surface area (TPSA) is 6.48 Å². The van der Waals surface area contributed by atoms with Crippen molar-refractivity contribution in [3.05, 3.63) is 0 Å². The van der Waals surface area contributed by atoms with Gasteiger partial charge >= 0.3 is 16.8 Å². The van der Waals surface area contributed by atoms with Crippen molar-refractivity contribution in [1.29, 1.82) is 0 Å². The van der Waals surface area contributed by atoms with Gasteiger partial charge in [-0.05, 0) is 23.7 Å². The molecule has 2 nitrogen and oxygen atoms in total. The van der Waals surface area contributed by atoms with Gasteiger partial charge in [0.1, 0.15) is 0 Å². The summed E-state index contributed by atoms with van der Waals surface area (Å²) in [5.74, 6) is 2.52. The molecule has 0 aliphatic rings. The molecule has 0 aliphatic carbocycles. The fourth-order valence-electron chi connectivity index (χ4n) is 2.21. The van der Waals surface area contributed by atoms with Gasteiger partial charge in [0.15, 0.2) is 0 Å². The van der Waals surface area contributed by atoms with Crippen LogP contribution in [0.4, 0.5) is 0 Å². The molecule has 151 valence electrons. The van der Waals surface area contributed by atoms with E-state index in [2.05, 4.69) is 65.2 Å². The Hall–Kier alpha value is 0.726. The predicted molar refractivity (Wildman–Crippen MR) is 122 cm³/mol. The summed E-state index contributed by atoms with van der Waals surface area (Å²) in [5.41, 5.74) is 0. The van der Waals surface area contributed by atoms with Crippen LogP contribution in [0.15, 0.2) is 0 Å².